The SMILES string of the molecule is CCOC(=O)N1CCC(NC(=NC)NCCc2coc(-c3ccc(F)cc3)n2)CC1. The fourth-order valence-electron chi connectivity index (χ4n) is 3.26. The molecule has 1 fully saturated rings. The van der Waals surface area contributed by atoms with Crippen LogP contribution in [-0.4, -0.2) is 61.3 Å². The third kappa shape index (κ3) is 5.95. The second-order valence-electron chi connectivity index (χ2n) is 7.00. The Hall–Kier alpha value is -3.10. The number of carbonyl (C=O) groups is 1. The molecule has 0 saturated carbocycles. The van der Waals surface area contributed by atoms with E-state index in [1.165, 1.54) is 12.1 Å². The summed E-state index contributed by atoms with van der Waals surface area (Å²) in [4.78, 5) is 22.2. The number of hydrogen-bond acceptors (Lipinski definition) is 5. The lowest BCUT2D eigenvalue weighted by Crippen LogP contribution is -2.50. The van der Waals surface area contributed by atoms with Crippen molar-refractivity contribution in [2.75, 3.05) is 33.3 Å². The normalized spacial score (nSPS) is 15.2. The fourth-order valence-corrected chi connectivity index (χ4v) is 3.26. The first-order valence-electron chi connectivity index (χ1n) is 10.2. The maximum atomic E-state index is 13.0. The Bertz CT molecular complexity index is 845. The molecule has 1 aliphatic rings. The number of guanidine groups is 1. The van der Waals surface area contributed by atoms with E-state index < -0.39 is 0 Å². The Labute approximate surface area is 175 Å². The first-order valence-corrected chi connectivity index (χ1v) is 10.2. The molecule has 0 bridgehead atoms. The number of benzene rings is 1. The van der Waals surface area contributed by atoms with Crippen LogP contribution in [-0.2, 0) is 11.2 Å². The predicted molar refractivity (Wildman–Crippen MR) is 112 cm³/mol. The molecule has 2 heterocycles. The molecule has 1 amide bonds. The Morgan fingerprint density at radius 3 is 2.73 bits per heavy atom. The molecule has 2 N–H and O–H groups in total. The van der Waals surface area contributed by atoms with E-state index in [2.05, 4.69) is 20.6 Å². The zero-order chi connectivity index (χ0) is 21.3. The topological polar surface area (TPSA) is 92.0 Å². The Kier molecular flexibility index (Phi) is 7.64. The quantitative estimate of drug-likeness (QED) is 0.555. The minimum absolute atomic E-state index is 0.244. The lowest BCUT2D eigenvalue weighted by Gasteiger charge is -2.32. The summed E-state index contributed by atoms with van der Waals surface area (Å²) in [6.07, 6.45) is 3.70. The summed E-state index contributed by atoms with van der Waals surface area (Å²) in [5.41, 5.74) is 1.54. The van der Waals surface area contributed by atoms with Crippen molar-refractivity contribution in [2.45, 2.75) is 32.2 Å². The molecule has 162 valence electrons. The summed E-state index contributed by atoms with van der Waals surface area (Å²) in [5.74, 6) is 0.896. The van der Waals surface area contributed by atoms with Crippen LogP contribution in [0, 0.1) is 5.82 Å². The van der Waals surface area contributed by atoms with Crippen LogP contribution < -0.4 is 10.6 Å². The molecule has 0 unspecified atom stereocenters. The maximum Gasteiger partial charge on any atom is 0.409 e. The van der Waals surface area contributed by atoms with Crippen molar-refractivity contribution >= 4 is 12.1 Å². The lowest BCUT2D eigenvalue weighted by atomic mass is 10.1. The largest absolute Gasteiger partial charge is 0.450 e. The molecule has 0 atom stereocenters. The van der Waals surface area contributed by atoms with Crippen molar-refractivity contribution < 1.29 is 18.3 Å². The molecular weight excluding hydrogens is 389 g/mol. The molecule has 8 nitrogen and oxygen atoms in total. The van der Waals surface area contributed by atoms with Crippen LogP contribution >= 0.6 is 0 Å². The third-order valence-electron chi connectivity index (χ3n) is 4.90. The summed E-state index contributed by atoms with van der Waals surface area (Å²) in [6, 6.07) is 6.30. The summed E-state index contributed by atoms with van der Waals surface area (Å²) in [6.45, 7) is 4.17. The molecule has 2 aromatic rings. The number of piperidine rings is 1. The highest BCUT2D eigenvalue weighted by Crippen LogP contribution is 2.19. The van der Waals surface area contributed by atoms with Gasteiger partial charge in [0.1, 0.15) is 12.1 Å². The summed E-state index contributed by atoms with van der Waals surface area (Å²) >= 11 is 0. The smallest absolute Gasteiger partial charge is 0.409 e. The molecule has 0 aliphatic carbocycles. The van der Waals surface area contributed by atoms with E-state index >= 15 is 0 Å². The first-order chi connectivity index (χ1) is 14.6. The number of nitrogens with one attached hydrogen (secondary N) is 2. The van der Waals surface area contributed by atoms with E-state index in [-0.39, 0.29) is 18.0 Å². The number of aromatic nitrogens is 1. The molecule has 0 radical (unpaired) electrons. The first kappa shape index (κ1) is 21.6. The van der Waals surface area contributed by atoms with E-state index in [4.69, 9.17) is 9.15 Å². The molecule has 1 aliphatic heterocycles. The highest BCUT2D eigenvalue weighted by Gasteiger charge is 2.24. The van der Waals surface area contributed by atoms with Gasteiger partial charge in [0.2, 0.25) is 5.89 Å². The van der Waals surface area contributed by atoms with Crippen molar-refractivity contribution in [3.63, 3.8) is 0 Å². The van der Waals surface area contributed by atoms with Crippen LogP contribution in [0.4, 0.5) is 9.18 Å². The number of halogens is 1. The van der Waals surface area contributed by atoms with Gasteiger partial charge in [0, 0.05) is 44.7 Å². The van der Waals surface area contributed by atoms with Crippen molar-refractivity contribution in [1.29, 1.82) is 0 Å². The predicted octanol–water partition coefficient (Wildman–Crippen LogP) is 2.81. The van der Waals surface area contributed by atoms with E-state index in [1.807, 2.05) is 6.92 Å². The number of aliphatic imine (C=N–C) groups is 1. The van der Waals surface area contributed by atoms with Gasteiger partial charge in [0.25, 0.3) is 0 Å². The Morgan fingerprint density at radius 1 is 1.33 bits per heavy atom. The van der Waals surface area contributed by atoms with Crippen LogP contribution in [0.25, 0.3) is 11.5 Å². The molecule has 1 aromatic carbocycles. The second-order valence-corrected chi connectivity index (χ2v) is 7.00. The van der Waals surface area contributed by atoms with E-state index in [0.717, 1.165) is 24.1 Å². The minimum atomic E-state index is -0.292. The van der Waals surface area contributed by atoms with Crippen molar-refractivity contribution in [3.05, 3.63) is 42.0 Å². The zero-order valence-electron chi connectivity index (χ0n) is 17.4. The van der Waals surface area contributed by atoms with Gasteiger partial charge in [0.15, 0.2) is 5.96 Å². The van der Waals surface area contributed by atoms with Gasteiger partial charge in [-0.3, -0.25) is 4.99 Å². The van der Waals surface area contributed by atoms with Gasteiger partial charge in [-0.15, -0.1) is 0 Å². The van der Waals surface area contributed by atoms with E-state index in [0.29, 0.717) is 44.5 Å². The van der Waals surface area contributed by atoms with Crippen LogP contribution in [0.1, 0.15) is 25.5 Å². The number of oxazole rings is 1. The summed E-state index contributed by atoms with van der Waals surface area (Å²) in [5, 5.41) is 6.68. The van der Waals surface area contributed by atoms with Crippen molar-refractivity contribution in [2.24, 2.45) is 4.99 Å². The van der Waals surface area contributed by atoms with Crippen LogP contribution in [0.3, 0.4) is 0 Å². The van der Waals surface area contributed by atoms with Gasteiger partial charge in [-0.1, -0.05) is 0 Å². The fraction of sp³-hybridized carbons (Fsp3) is 0.476. The maximum absolute atomic E-state index is 13.0. The highest BCUT2D eigenvalue weighted by molar-refractivity contribution is 5.80. The average molecular weight is 417 g/mol. The Balaban J connectivity index is 1.41. The van der Waals surface area contributed by atoms with E-state index in [9.17, 15) is 9.18 Å². The van der Waals surface area contributed by atoms with Crippen molar-refractivity contribution in [3.8, 4) is 11.5 Å². The number of likely N-dealkylation sites (tertiary alicyclic amines) is 1. The highest BCUT2D eigenvalue weighted by atomic mass is 19.1. The monoisotopic (exact) mass is 417 g/mol. The van der Waals surface area contributed by atoms with Crippen LogP contribution in [0.15, 0.2) is 39.9 Å². The molecule has 1 saturated heterocycles. The standard InChI is InChI=1S/C21H28FN5O3/c1-3-29-21(28)27-12-9-17(10-13-27)26-20(23-2)24-11-8-18-14-30-19(25-18)15-4-6-16(22)7-5-15/h4-7,14,17H,3,8-13H2,1-2H3,(H2,23,24,26). The molecular formula is C21H28FN5O3. The third-order valence-corrected chi connectivity index (χ3v) is 4.90. The van der Waals surface area contributed by atoms with Gasteiger partial charge < -0.3 is 24.7 Å². The minimum Gasteiger partial charge on any atom is -0.450 e. The van der Waals surface area contributed by atoms with Crippen molar-refractivity contribution in [1.82, 2.24) is 20.5 Å². The summed E-state index contributed by atoms with van der Waals surface area (Å²) in [7, 11) is 1.73. The number of amides is 1. The number of nitrogens with zero attached hydrogens (tertiary/aromatic N) is 3. The molecule has 1 aromatic heterocycles. The van der Waals surface area contributed by atoms with Gasteiger partial charge in [0.05, 0.1) is 12.3 Å². The average Bonchev–Trinajstić information content (AvgIpc) is 3.23. The van der Waals surface area contributed by atoms with E-state index in [1.54, 1.807) is 30.3 Å². The number of ether oxygens (including phenoxy) is 1. The summed E-state index contributed by atoms with van der Waals surface area (Å²) < 4.78 is 23.6. The molecule has 30 heavy (non-hydrogen) atoms. The van der Waals surface area contributed by atoms with Gasteiger partial charge in [-0.25, -0.2) is 14.2 Å². The molecule has 9 heteroatoms. The number of rotatable bonds is 6. The lowest BCUT2D eigenvalue weighted by molar-refractivity contribution is 0.0963. The van der Waals surface area contributed by atoms with Gasteiger partial charge >= 0.3 is 6.09 Å². The van der Waals surface area contributed by atoms with Gasteiger partial charge in [-0.05, 0) is 44.0 Å². The zero-order valence-corrected chi connectivity index (χ0v) is 17.4. The molecule has 0 spiro atoms. The van der Waals surface area contributed by atoms with Crippen LogP contribution in [0.5, 0.6) is 0 Å². The van der Waals surface area contributed by atoms with Gasteiger partial charge in [-0.2, -0.15) is 0 Å². The Morgan fingerprint density at radius 2 is 2.07 bits per heavy atom. The number of hydrogen-bond donors (Lipinski definition) is 2. The second kappa shape index (κ2) is 10.6. The number of carbonyl (C=O) groups excluding carboxylic acids is 1. The van der Waals surface area contributed by atoms with Crippen LogP contribution in [0.2, 0.25) is 0 Å². The molecule has 3 rings (SSSR count).